The third-order valence-electron chi connectivity index (χ3n) is 3.92. The van der Waals surface area contributed by atoms with E-state index in [1.165, 1.54) is 24.3 Å². The highest BCUT2D eigenvalue weighted by molar-refractivity contribution is 7.90. The summed E-state index contributed by atoms with van der Waals surface area (Å²) in [7, 11) is -3.30. The van der Waals surface area contributed by atoms with Crippen molar-refractivity contribution in [1.29, 1.82) is 0 Å². The molecule has 0 radical (unpaired) electrons. The molecule has 2 aromatic carbocycles. The molecule has 10 heteroatoms. The number of carbonyl (C=O) groups is 1. The second kappa shape index (κ2) is 9.25. The fourth-order valence-electron chi connectivity index (χ4n) is 2.45. The summed E-state index contributed by atoms with van der Waals surface area (Å²) in [6.45, 7) is -0.211. The quantitative estimate of drug-likeness (QED) is 0.509. The number of nitrogens with one attached hydrogen (secondary N) is 1. The Bertz CT molecular complexity index is 957. The summed E-state index contributed by atoms with van der Waals surface area (Å²) < 4.78 is 80.0. The van der Waals surface area contributed by atoms with Gasteiger partial charge in [-0.3, -0.25) is 4.79 Å². The van der Waals surface area contributed by atoms with E-state index in [1.54, 1.807) is 0 Å². The summed E-state index contributed by atoms with van der Waals surface area (Å²) in [5.74, 6) is -1.05. The molecule has 0 heterocycles. The molecule has 0 aliphatic carbocycles. The first-order valence-corrected chi connectivity index (χ1v) is 10.4. The lowest BCUT2D eigenvalue weighted by molar-refractivity contribution is -0.138. The van der Waals surface area contributed by atoms with E-state index in [4.69, 9.17) is 4.74 Å². The third-order valence-corrected chi connectivity index (χ3v) is 5.05. The van der Waals surface area contributed by atoms with E-state index in [9.17, 15) is 30.8 Å². The van der Waals surface area contributed by atoms with E-state index < -0.39 is 33.3 Å². The minimum absolute atomic E-state index is 0.0178. The van der Waals surface area contributed by atoms with Gasteiger partial charge in [-0.05, 0) is 48.4 Å². The molecular weight excluding hydrogens is 414 g/mol. The van der Waals surface area contributed by atoms with Crippen molar-refractivity contribution in [3.8, 4) is 5.75 Å². The van der Waals surface area contributed by atoms with Crippen LogP contribution in [0.15, 0.2) is 47.4 Å². The van der Waals surface area contributed by atoms with Gasteiger partial charge in [-0.25, -0.2) is 12.8 Å². The second-order valence-electron chi connectivity index (χ2n) is 6.27. The van der Waals surface area contributed by atoms with Gasteiger partial charge >= 0.3 is 6.18 Å². The Morgan fingerprint density at radius 3 is 2.34 bits per heavy atom. The maximum atomic E-state index is 13.1. The van der Waals surface area contributed by atoms with Crippen molar-refractivity contribution < 1.29 is 35.5 Å². The predicted molar refractivity (Wildman–Crippen MR) is 97.5 cm³/mol. The zero-order chi connectivity index (χ0) is 21.7. The molecule has 0 saturated heterocycles. The van der Waals surface area contributed by atoms with E-state index in [1.807, 2.05) is 0 Å². The number of ether oxygens (including phenoxy) is 1. The molecule has 0 fully saturated rings. The van der Waals surface area contributed by atoms with Gasteiger partial charge in [-0.15, -0.1) is 0 Å². The molecule has 29 heavy (non-hydrogen) atoms. The molecule has 0 aliphatic rings. The van der Waals surface area contributed by atoms with E-state index in [2.05, 4.69) is 5.32 Å². The second-order valence-corrected chi connectivity index (χ2v) is 8.29. The van der Waals surface area contributed by atoms with Crippen molar-refractivity contribution in [3.05, 3.63) is 59.4 Å². The van der Waals surface area contributed by atoms with Crippen LogP contribution >= 0.6 is 0 Å². The monoisotopic (exact) mass is 433 g/mol. The summed E-state index contributed by atoms with van der Waals surface area (Å²) in [6.07, 6.45) is -3.31. The maximum Gasteiger partial charge on any atom is 0.416 e. The van der Waals surface area contributed by atoms with Crippen LogP contribution in [0.25, 0.3) is 0 Å². The van der Waals surface area contributed by atoms with Gasteiger partial charge in [-0.2, -0.15) is 13.2 Å². The molecule has 0 saturated carbocycles. The molecule has 0 aromatic heterocycles. The van der Waals surface area contributed by atoms with Gasteiger partial charge in [0.2, 0.25) is 5.91 Å². The number of amides is 1. The molecule has 0 unspecified atom stereocenters. The van der Waals surface area contributed by atoms with Gasteiger partial charge in [0.1, 0.15) is 11.6 Å². The number of sulfone groups is 1. The van der Waals surface area contributed by atoms with Crippen LogP contribution in [0.3, 0.4) is 0 Å². The highest BCUT2D eigenvalue weighted by atomic mass is 32.2. The minimum atomic E-state index is -4.72. The first-order valence-electron chi connectivity index (χ1n) is 8.52. The van der Waals surface area contributed by atoms with Crippen LogP contribution in [0.4, 0.5) is 17.6 Å². The van der Waals surface area contributed by atoms with Gasteiger partial charge < -0.3 is 10.1 Å². The number of hydrogen-bond acceptors (Lipinski definition) is 4. The van der Waals surface area contributed by atoms with Crippen LogP contribution in [-0.2, 0) is 27.4 Å². The SMILES string of the molecule is CS(=O)(=O)c1ccc(OCCCC(=O)NCc2ccc(F)cc2C(F)(F)F)cc1. The van der Waals surface area contributed by atoms with Crippen molar-refractivity contribution in [1.82, 2.24) is 5.32 Å². The highest BCUT2D eigenvalue weighted by Crippen LogP contribution is 2.32. The van der Waals surface area contributed by atoms with Crippen LogP contribution in [0.5, 0.6) is 5.75 Å². The van der Waals surface area contributed by atoms with Gasteiger partial charge in [-0.1, -0.05) is 6.07 Å². The molecule has 158 valence electrons. The Balaban J connectivity index is 1.78. The standard InChI is InChI=1S/C19H19F4NO4S/c1-29(26,27)16-8-6-15(7-9-16)28-10-2-3-18(25)24-12-13-4-5-14(20)11-17(13)19(21,22)23/h4-9,11H,2-3,10,12H2,1H3,(H,24,25). The fourth-order valence-corrected chi connectivity index (χ4v) is 3.09. The lowest BCUT2D eigenvalue weighted by Gasteiger charge is -2.13. The first kappa shape index (κ1) is 22.7. The first-order chi connectivity index (χ1) is 13.5. The van der Waals surface area contributed by atoms with Crippen LogP contribution in [-0.4, -0.2) is 27.2 Å². The predicted octanol–water partition coefficient (Wildman–Crippen LogP) is 3.72. The van der Waals surface area contributed by atoms with Crippen molar-refractivity contribution in [2.24, 2.45) is 0 Å². The lowest BCUT2D eigenvalue weighted by atomic mass is 10.1. The zero-order valence-corrected chi connectivity index (χ0v) is 16.2. The third kappa shape index (κ3) is 7.04. The molecule has 0 spiro atoms. The van der Waals surface area contributed by atoms with Gasteiger partial charge in [0.25, 0.3) is 0 Å². The van der Waals surface area contributed by atoms with Crippen molar-refractivity contribution >= 4 is 15.7 Å². The number of benzene rings is 2. The Kier molecular flexibility index (Phi) is 7.23. The van der Waals surface area contributed by atoms with E-state index in [0.717, 1.165) is 18.4 Å². The molecule has 0 bridgehead atoms. The Hall–Kier alpha value is -2.62. The fraction of sp³-hybridized carbons (Fsp3) is 0.316. The summed E-state index contributed by atoms with van der Waals surface area (Å²) in [5.41, 5.74) is -1.35. The minimum Gasteiger partial charge on any atom is -0.494 e. The van der Waals surface area contributed by atoms with E-state index in [-0.39, 0.29) is 30.0 Å². The van der Waals surface area contributed by atoms with E-state index in [0.29, 0.717) is 18.2 Å². The van der Waals surface area contributed by atoms with Crippen LogP contribution < -0.4 is 10.1 Å². The van der Waals surface area contributed by atoms with Crippen molar-refractivity contribution in [3.63, 3.8) is 0 Å². The smallest absolute Gasteiger partial charge is 0.416 e. The van der Waals surface area contributed by atoms with E-state index >= 15 is 0 Å². The number of carbonyl (C=O) groups excluding carboxylic acids is 1. The highest BCUT2D eigenvalue weighted by Gasteiger charge is 2.33. The summed E-state index contributed by atoms with van der Waals surface area (Å²) in [6, 6.07) is 8.07. The zero-order valence-electron chi connectivity index (χ0n) is 15.4. The molecule has 0 atom stereocenters. The normalized spacial score (nSPS) is 11.9. The summed E-state index contributed by atoms with van der Waals surface area (Å²) in [5, 5.41) is 2.37. The molecule has 0 aliphatic heterocycles. The largest absolute Gasteiger partial charge is 0.494 e. The van der Waals surface area contributed by atoms with Crippen LogP contribution in [0.2, 0.25) is 0 Å². The van der Waals surface area contributed by atoms with Crippen LogP contribution in [0, 0.1) is 5.82 Å². The topological polar surface area (TPSA) is 72.5 Å². The Labute approximate surface area is 165 Å². The van der Waals surface area contributed by atoms with Crippen molar-refractivity contribution in [2.45, 2.75) is 30.5 Å². The molecule has 5 nitrogen and oxygen atoms in total. The number of rotatable bonds is 8. The number of halogens is 4. The average Bonchev–Trinajstić information content (AvgIpc) is 2.63. The molecule has 1 N–H and O–H groups in total. The van der Waals surface area contributed by atoms with Crippen molar-refractivity contribution in [2.75, 3.05) is 12.9 Å². The summed E-state index contributed by atoms with van der Waals surface area (Å²) >= 11 is 0. The molecule has 1 amide bonds. The lowest BCUT2D eigenvalue weighted by Crippen LogP contribution is -2.24. The molecule has 2 rings (SSSR count). The maximum absolute atomic E-state index is 13.1. The Morgan fingerprint density at radius 1 is 1.10 bits per heavy atom. The van der Waals surface area contributed by atoms with Gasteiger partial charge in [0.05, 0.1) is 17.1 Å². The summed E-state index contributed by atoms with van der Waals surface area (Å²) in [4.78, 5) is 12.0. The van der Waals surface area contributed by atoms with Gasteiger partial charge in [0.15, 0.2) is 9.84 Å². The molecular formula is C19H19F4NO4S. The Morgan fingerprint density at radius 2 is 1.76 bits per heavy atom. The number of alkyl halides is 3. The number of hydrogen-bond donors (Lipinski definition) is 1. The van der Waals surface area contributed by atoms with Gasteiger partial charge in [0, 0.05) is 19.2 Å². The molecule has 2 aromatic rings. The van der Waals surface area contributed by atoms with Crippen LogP contribution in [0.1, 0.15) is 24.0 Å². The average molecular weight is 433 g/mol.